The Labute approximate surface area is 187 Å². The first-order valence-corrected chi connectivity index (χ1v) is 10.3. The van der Waals surface area contributed by atoms with Crippen LogP contribution in [0.1, 0.15) is 16.7 Å². The molecular weight excluding hydrogens is 501 g/mol. The highest BCUT2D eigenvalue weighted by molar-refractivity contribution is 14.1. The number of hydrogen-bond donors (Lipinski definition) is 0. The van der Waals surface area contributed by atoms with Crippen LogP contribution in [-0.2, 0) is 16.1 Å². The maximum Gasteiger partial charge on any atom is 0.363 e. The van der Waals surface area contributed by atoms with Gasteiger partial charge in [0.1, 0.15) is 12.4 Å². The van der Waals surface area contributed by atoms with Gasteiger partial charge in [0, 0.05) is 3.57 Å². The van der Waals surface area contributed by atoms with Gasteiger partial charge in [-0.1, -0.05) is 48.0 Å². The zero-order valence-electron chi connectivity index (χ0n) is 15.1. The van der Waals surface area contributed by atoms with Crippen LogP contribution < -0.4 is 4.74 Å². The lowest BCUT2D eigenvalue weighted by Crippen LogP contribution is -2.05. The number of carbonyl (C=O) groups excluding carboxylic acids is 1. The third kappa shape index (κ3) is 4.86. The smallest absolute Gasteiger partial charge is 0.363 e. The predicted molar refractivity (Wildman–Crippen MR) is 122 cm³/mol. The van der Waals surface area contributed by atoms with E-state index in [1.807, 2.05) is 54.6 Å². The van der Waals surface area contributed by atoms with Gasteiger partial charge in [-0.25, -0.2) is 9.79 Å². The van der Waals surface area contributed by atoms with Crippen molar-refractivity contribution in [3.05, 3.63) is 104 Å². The summed E-state index contributed by atoms with van der Waals surface area (Å²) in [6.45, 7) is 0.495. The molecule has 0 radical (unpaired) electrons. The lowest BCUT2D eigenvalue weighted by Gasteiger charge is -2.07. The maximum atomic E-state index is 12.2. The molecule has 1 aliphatic rings. The summed E-state index contributed by atoms with van der Waals surface area (Å²) in [5.41, 5.74) is 2.75. The van der Waals surface area contributed by atoms with Gasteiger partial charge in [-0.15, -0.1) is 0 Å². The molecular formula is C23H15ClINO3. The first-order valence-electron chi connectivity index (χ1n) is 8.83. The van der Waals surface area contributed by atoms with Gasteiger partial charge in [-0.3, -0.25) is 0 Å². The minimum Gasteiger partial charge on any atom is -0.489 e. The molecule has 0 N–H and O–H groups in total. The van der Waals surface area contributed by atoms with Crippen LogP contribution in [0.5, 0.6) is 5.75 Å². The molecule has 4 rings (SSSR count). The lowest BCUT2D eigenvalue weighted by atomic mass is 10.2. The summed E-state index contributed by atoms with van der Waals surface area (Å²) in [7, 11) is 0. The number of cyclic esters (lactones) is 1. The number of halogens is 2. The van der Waals surface area contributed by atoms with Crippen LogP contribution in [0.4, 0.5) is 0 Å². The summed E-state index contributed by atoms with van der Waals surface area (Å²) >= 11 is 8.43. The van der Waals surface area contributed by atoms with Gasteiger partial charge in [0.15, 0.2) is 5.70 Å². The monoisotopic (exact) mass is 515 g/mol. The fraction of sp³-hybridized carbons (Fsp3) is 0.0435. The molecule has 0 aliphatic carbocycles. The second-order valence-corrected chi connectivity index (χ2v) is 7.96. The molecule has 0 amide bonds. The fourth-order valence-corrected chi connectivity index (χ4v) is 3.59. The van der Waals surface area contributed by atoms with E-state index in [2.05, 4.69) is 33.6 Å². The Morgan fingerprint density at radius 2 is 1.83 bits per heavy atom. The van der Waals surface area contributed by atoms with Crippen LogP contribution in [0.15, 0.2) is 83.5 Å². The van der Waals surface area contributed by atoms with E-state index >= 15 is 0 Å². The predicted octanol–water partition coefficient (Wildman–Crippen LogP) is 5.87. The third-order valence-electron chi connectivity index (χ3n) is 4.20. The zero-order chi connectivity index (χ0) is 20.2. The normalized spacial score (nSPS) is 14.6. The number of carbonyl (C=O) groups is 1. The van der Waals surface area contributed by atoms with Crippen LogP contribution in [-0.4, -0.2) is 11.9 Å². The fourth-order valence-electron chi connectivity index (χ4n) is 2.77. The first-order chi connectivity index (χ1) is 14.1. The molecule has 1 heterocycles. The van der Waals surface area contributed by atoms with Gasteiger partial charge in [0.25, 0.3) is 0 Å². The molecule has 3 aromatic carbocycles. The number of esters is 1. The van der Waals surface area contributed by atoms with E-state index in [1.54, 1.807) is 18.2 Å². The Kier molecular flexibility index (Phi) is 5.97. The molecule has 6 heteroatoms. The number of benzene rings is 3. The summed E-state index contributed by atoms with van der Waals surface area (Å²) in [5, 5.41) is 0.481. The molecule has 144 valence electrons. The van der Waals surface area contributed by atoms with Gasteiger partial charge in [0.05, 0.1) is 10.6 Å². The first kappa shape index (κ1) is 19.7. The SMILES string of the molecule is O=C1OC(c2ccccc2Cl)=N/C1=C\c1ccc(OCc2cccc(I)c2)cc1. The second kappa shape index (κ2) is 8.80. The number of hydrogen-bond acceptors (Lipinski definition) is 4. The third-order valence-corrected chi connectivity index (χ3v) is 5.20. The molecule has 3 aromatic rings. The molecule has 0 atom stereocenters. The van der Waals surface area contributed by atoms with E-state index in [1.165, 1.54) is 3.57 Å². The number of rotatable bonds is 5. The lowest BCUT2D eigenvalue weighted by molar-refractivity contribution is -0.129. The summed E-state index contributed by atoms with van der Waals surface area (Å²) < 4.78 is 12.3. The molecule has 0 aromatic heterocycles. The highest BCUT2D eigenvalue weighted by atomic mass is 127. The van der Waals surface area contributed by atoms with E-state index in [0.717, 1.165) is 16.9 Å². The van der Waals surface area contributed by atoms with Crippen molar-refractivity contribution in [3.8, 4) is 5.75 Å². The van der Waals surface area contributed by atoms with Crippen molar-refractivity contribution >= 4 is 52.1 Å². The van der Waals surface area contributed by atoms with E-state index in [-0.39, 0.29) is 11.6 Å². The quantitative estimate of drug-likeness (QED) is 0.243. The van der Waals surface area contributed by atoms with E-state index < -0.39 is 5.97 Å². The van der Waals surface area contributed by atoms with Crippen molar-refractivity contribution in [2.24, 2.45) is 4.99 Å². The topological polar surface area (TPSA) is 47.9 Å². The van der Waals surface area contributed by atoms with Crippen LogP contribution in [0.25, 0.3) is 6.08 Å². The molecule has 0 saturated heterocycles. The molecule has 0 unspecified atom stereocenters. The maximum absolute atomic E-state index is 12.2. The Hall–Kier alpha value is -2.64. The Morgan fingerprint density at radius 3 is 2.59 bits per heavy atom. The van der Waals surface area contributed by atoms with Crippen molar-refractivity contribution in [2.75, 3.05) is 0 Å². The van der Waals surface area contributed by atoms with E-state index in [0.29, 0.717) is 17.2 Å². The van der Waals surface area contributed by atoms with Gasteiger partial charge in [-0.2, -0.15) is 0 Å². The van der Waals surface area contributed by atoms with Crippen LogP contribution in [0.2, 0.25) is 5.02 Å². The van der Waals surface area contributed by atoms with Crippen molar-refractivity contribution < 1.29 is 14.3 Å². The molecule has 29 heavy (non-hydrogen) atoms. The van der Waals surface area contributed by atoms with Gasteiger partial charge in [-0.05, 0) is 76.2 Å². The molecule has 1 aliphatic heterocycles. The highest BCUT2D eigenvalue weighted by Crippen LogP contribution is 2.24. The number of aliphatic imine (C=N–C) groups is 1. The molecule has 0 fully saturated rings. The second-order valence-electron chi connectivity index (χ2n) is 6.30. The van der Waals surface area contributed by atoms with Gasteiger partial charge < -0.3 is 9.47 Å². The van der Waals surface area contributed by atoms with Crippen LogP contribution in [0.3, 0.4) is 0 Å². The summed E-state index contributed by atoms with van der Waals surface area (Å²) in [5.74, 6) is 0.462. The van der Waals surface area contributed by atoms with Crippen molar-refractivity contribution in [1.29, 1.82) is 0 Å². The molecule has 0 bridgehead atoms. The molecule has 0 saturated carbocycles. The largest absolute Gasteiger partial charge is 0.489 e. The number of ether oxygens (including phenoxy) is 2. The summed E-state index contributed by atoms with van der Waals surface area (Å²) in [4.78, 5) is 16.4. The van der Waals surface area contributed by atoms with E-state index in [9.17, 15) is 4.79 Å². The minimum absolute atomic E-state index is 0.212. The molecule has 0 spiro atoms. The Morgan fingerprint density at radius 1 is 1.03 bits per heavy atom. The van der Waals surface area contributed by atoms with Gasteiger partial charge >= 0.3 is 5.97 Å². The Balaban J connectivity index is 1.47. The van der Waals surface area contributed by atoms with Crippen molar-refractivity contribution in [1.82, 2.24) is 0 Å². The Bertz CT molecular complexity index is 1120. The summed E-state index contributed by atoms with van der Waals surface area (Å²) in [6, 6.07) is 22.7. The average Bonchev–Trinajstić information content (AvgIpc) is 3.08. The zero-order valence-corrected chi connectivity index (χ0v) is 18.1. The average molecular weight is 516 g/mol. The summed E-state index contributed by atoms with van der Waals surface area (Å²) in [6.07, 6.45) is 1.68. The van der Waals surface area contributed by atoms with Crippen LogP contribution >= 0.6 is 34.2 Å². The van der Waals surface area contributed by atoms with E-state index in [4.69, 9.17) is 21.1 Å². The van der Waals surface area contributed by atoms with Crippen molar-refractivity contribution in [2.45, 2.75) is 6.61 Å². The highest BCUT2D eigenvalue weighted by Gasteiger charge is 2.25. The van der Waals surface area contributed by atoms with Gasteiger partial charge in [0.2, 0.25) is 5.90 Å². The van der Waals surface area contributed by atoms with Crippen molar-refractivity contribution in [3.63, 3.8) is 0 Å². The number of nitrogens with zero attached hydrogens (tertiary/aromatic N) is 1. The van der Waals surface area contributed by atoms with Crippen LogP contribution in [0, 0.1) is 3.57 Å². The minimum atomic E-state index is -0.501. The standard InChI is InChI=1S/C23H15ClINO3/c24-20-7-2-1-6-19(20)22-26-21(23(27)29-22)13-15-8-10-18(11-9-15)28-14-16-4-3-5-17(25)12-16/h1-13H,14H2/b21-13-. The molecule has 4 nitrogen and oxygen atoms in total.